The largest absolute Gasteiger partial charge is 0.334 e. The first kappa shape index (κ1) is 10.7. The van der Waals surface area contributed by atoms with Crippen LogP contribution in [0.2, 0.25) is 0 Å². The van der Waals surface area contributed by atoms with E-state index in [9.17, 15) is 4.79 Å². The third-order valence-electron chi connectivity index (χ3n) is 2.61. The molecule has 0 spiro atoms. The van der Waals surface area contributed by atoms with E-state index in [1.165, 1.54) is 0 Å². The minimum atomic E-state index is 0.0191. The summed E-state index contributed by atoms with van der Waals surface area (Å²) < 4.78 is 3.70. The summed E-state index contributed by atoms with van der Waals surface area (Å²) in [7, 11) is 0. The molecule has 84 valence electrons. The van der Waals surface area contributed by atoms with Gasteiger partial charge in [0.1, 0.15) is 5.82 Å². The molecule has 0 aliphatic rings. The quantitative estimate of drug-likeness (QED) is 0.780. The Labute approximate surface area is 94.2 Å². The summed E-state index contributed by atoms with van der Waals surface area (Å²) in [6.45, 7) is 5.37. The molecule has 0 N–H and O–H groups in total. The van der Waals surface area contributed by atoms with Gasteiger partial charge in [0.15, 0.2) is 0 Å². The molecule has 2 aromatic rings. The van der Waals surface area contributed by atoms with Gasteiger partial charge in [-0.2, -0.15) is 0 Å². The smallest absolute Gasteiger partial charge is 0.251 e. The predicted octanol–water partition coefficient (Wildman–Crippen LogP) is 1.42. The van der Waals surface area contributed by atoms with Crippen molar-refractivity contribution < 1.29 is 0 Å². The normalized spacial score (nSPS) is 10.6. The van der Waals surface area contributed by atoms with Crippen molar-refractivity contribution in [3.05, 3.63) is 52.5 Å². The SMILES string of the molecule is CCn1ccnc1Cn1ccc(C)cc1=O. The second-order valence-electron chi connectivity index (χ2n) is 3.80. The van der Waals surface area contributed by atoms with Gasteiger partial charge in [-0.25, -0.2) is 4.98 Å². The molecule has 16 heavy (non-hydrogen) atoms. The van der Waals surface area contributed by atoms with Crippen molar-refractivity contribution in [3.63, 3.8) is 0 Å². The van der Waals surface area contributed by atoms with Crippen LogP contribution in [0.15, 0.2) is 35.5 Å². The van der Waals surface area contributed by atoms with Crippen LogP contribution in [0.4, 0.5) is 0 Å². The second-order valence-corrected chi connectivity index (χ2v) is 3.80. The highest BCUT2D eigenvalue weighted by Crippen LogP contribution is 2.00. The molecule has 0 amide bonds. The van der Waals surface area contributed by atoms with E-state index in [4.69, 9.17) is 0 Å². The Morgan fingerprint density at radius 1 is 1.31 bits per heavy atom. The van der Waals surface area contributed by atoms with E-state index in [1.54, 1.807) is 16.8 Å². The van der Waals surface area contributed by atoms with E-state index in [-0.39, 0.29) is 5.56 Å². The molecule has 0 radical (unpaired) electrons. The topological polar surface area (TPSA) is 39.8 Å². The average molecular weight is 217 g/mol. The van der Waals surface area contributed by atoms with E-state index < -0.39 is 0 Å². The maximum absolute atomic E-state index is 11.7. The molecule has 0 saturated carbocycles. The van der Waals surface area contributed by atoms with Crippen molar-refractivity contribution in [2.24, 2.45) is 0 Å². The Morgan fingerprint density at radius 2 is 2.12 bits per heavy atom. The van der Waals surface area contributed by atoms with Crippen LogP contribution in [-0.4, -0.2) is 14.1 Å². The number of nitrogens with zero attached hydrogens (tertiary/aromatic N) is 3. The van der Waals surface area contributed by atoms with Crippen LogP contribution in [0, 0.1) is 6.92 Å². The van der Waals surface area contributed by atoms with Gasteiger partial charge in [-0.05, 0) is 25.5 Å². The Hall–Kier alpha value is -1.84. The van der Waals surface area contributed by atoms with Crippen molar-refractivity contribution in [3.8, 4) is 0 Å². The minimum Gasteiger partial charge on any atom is -0.334 e. The van der Waals surface area contributed by atoms with E-state index in [0.717, 1.165) is 17.9 Å². The summed E-state index contributed by atoms with van der Waals surface area (Å²) in [6.07, 6.45) is 5.50. The van der Waals surface area contributed by atoms with Gasteiger partial charge in [-0.15, -0.1) is 0 Å². The van der Waals surface area contributed by atoms with Crippen molar-refractivity contribution in [2.75, 3.05) is 0 Å². The summed E-state index contributed by atoms with van der Waals surface area (Å²) in [5.74, 6) is 0.911. The number of aryl methyl sites for hydroxylation is 2. The number of rotatable bonds is 3. The summed E-state index contributed by atoms with van der Waals surface area (Å²) in [6, 6.07) is 3.57. The third kappa shape index (κ3) is 2.05. The molecule has 0 aliphatic heterocycles. The first-order valence-electron chi connectivity index (χ1n) is 5.38. The lowest BCUT2D eigenvalue weighted by atomic mass is 10.3. The zero-order valence-corrected chi connectivity index (χ0v) is 9.55. The Kier molecular flexibility index (Phi) is 2.90. The van der Waals surface area contributed by atoms with Gasteiger partial charge in [-0.1, -0.05) is 0 Å². The molecule has 4 heteroatoms. The molecular formula is C12H15N3O. The van der Waals surface area contributed by atoms with Gasteiger partial charge in [-0.3, -0.25) is 4.79 Å². The highest BCUT2D eigenvalue weighted by atomic mass is 16.1. The summed E-state index contributed by atoms with van der Waals surface area (Å²) in [5.41, 5.74) is 1.01. The van der Waals surface area contributed by atoms with E-state index in [1.807, 2.05) is 30.0 Å². The molecule has 2 rings (SSSR count). The molecule has 2 aromatic heterocycles. The predicted molar refractivity (Wildman–Crippen MR) is 62.4 cm³/mol. The maximum Gasteiger partial charge on any atom is 0.251 e. The summed E-state index contributed by atoms with van der Waals surface area (Å²) >= 11 is 0. The van der Waals surface area contributed by atoms with Gasteiger partial charge < -0.3 is 9.13 Å². The lowest BCUT2D eigenvalue weighted by Crippen LogP contribution is -2.21. The lowest BCUT2D eigenvalue weighted by Gasteiger charge is -2.07. The Morgan fingerprint density at radius 3 is 2.81 bits per heavy atom. The molecule has 0 aromatic carbocycles. The van der Waals surface area contributed by atoms with Gasteiger partial charge in [0.05, 0.1) is 6.54 Å². The molecule has 0 aliphatic carbocycles. The number of hydrogen-bond acceptors (Lipinski definition) is 2. The van der Waals surface area contributed by atoms with Crippen molar-refractivity contribution >= 4 is 0 Å². The Bertz CT molecular complexity index is 539. The van der Waals surface area contributed by atoms with Crippen LogP contribution in [0.5, 0.6) is 0 Å². The number of aromatic nitrogens is 3. The van der Waals surface area contributed by atoms with Crippen LogP contribution >= 0.6 is 0 Å². The first-order chi connectivity index (χ1) is 7.70. The van der Waals surface area contributed by atoms with E-state index in [0.29, 0.717) is 6.54 Å². The third-order valence-corrected chi connectivity index (χ3v) is 2.61. The zero-order valence-electron chi connectivity index (χ0n) is 9.55. The molecule has 0 fully saturated rings. The molecule has 4 nitrogen and oxygen atoms in total. The molecule has 0 bridgehead atoms. The highest BCUT2D eigenvalue weighted by molar-refractivity contribution is 5.09. The maximum atomic E-state index is 11.7. The van der Waals surface area contributed by atoms with Gasteiger partial charge in [0, 0.05) is 31.2 Å². The van der Waals surface area contributed by atoms with Crippen molar-refractivity contribution in [2.45, 2.75) is 26.9 Å². The standard InChI is InChI=1S/C12H15N3O/c1-3-14-7-5-13-11(14)9-15-6-4-10(2)8-12(15)16/h4-8H,3,9H2,1-2H3. The number of hydrogen-bond donors (Lipinski definition) is 0. The molecular weight excluding hydrogens is 202 g/mol. The van der Waals surface area contributed by atoms with E-state index in [2.05, 4.69) is 11.9 Å². The van der Waals surface area contributed by atoms with Crippen LogP contribution < -0.4 is 5.56 Å². The Balaban J connectivity index is 2.31. The fraction of sp³-hybridized carbons (Fsp3) is 0.333. The van der Waals surface area contributed by atoms with Crippen LogP contribution in [0.1, 0.15) is 18.3 Å². The molecule has 0 saturated heterocycles. The lowest BCUT2D eigenvalue weighted by molar-refractivity contribution is 0.638. The fourth-order valence-corrected chi connectivity index (χ4v) is 1.67. The highest BCUT2D eigenvalue weighted by Gasteiger charge is 2.03. The molecule has 2 heterocycles. The van der Waals surface area contributed by atoms with Crippen LogP contribution in [0.25, 0.3) is 0 Å². The van der Waals surface area contributed by atoms with Crippen molar-refractivity contribution in [1.82, 2.24) is 14.1 Å². The van der Waals surface area contributed by atoms with Crippen molar-refractivity contribution in [1.29, 1.82) is 0 Å². The molecule has 0 unspecified atom stereocenters. The van der Waals surface area contributed by atoms with E-state index >= 15 is 0 Å². The summed E-state index contributed by atoms with van der Waals surface area (Å²) in [5, 5.41) is 0. The minimum absolute atomic E-state index is 0.0191. The van der Waals surface area contributed by atoms with Crippen LogP contribution in [0.3, 0.4) is 0 Å². The number of imidazole rings is 1. The van der Waals surface area contributed by atoms with Gasteiger partial charge in [0.2, 0.25) is 0 Å². The van der Waals surface area contributed by atoms with Gasteiger partial charge in [0.25, 0.3) is 5.56 Å². The summed E-state index contributed by atoms with van der Waals surface area (Å²) in [4.78, 5) is 15.9. The number of pyridine rings is 1. The van der Waals surface area contributed by atoms with Crippen LogP contribution in [-0.2, 0) is 13.1 Å². The zero-order chi connectivity index (χ0) is 11.5. The molecule has 0 atom stereocenters. The second kappa shape index (κ2) is 4.35. The fourth-order valence-electron chi connectivity index (χ4n) is 1.67. The monoisotopic (exact) mass is 217 g/mol. The first-order valence-corrected chi connectivity index (χ1v) is 5.38. The average Bonchev–Trinajstić information content (AvgIpc) is 2.69. The van der Waals surface area contributed by atoms with Gasteiger partial charge >= 0.3 is 0 Å².